The molecule has 168 valence electrons. The molecule has 0 saturated carbocycles. The van der Waals surface area contributed by atoms with E-state index in [1.165, 1.54) is 29.4 Å². The van der Waals surface area contributed by atoms with Crippen LogP contribution >= 0.6 is 0 Å². The lowest BCUT2D eigenvalue weighted by Gasteiger charge is -2.30. The van der Waals surface area contributed by atoms with Crippen LogP contribution in [0, 0.1) is 5.92 Å². The number of carbonyl (C=O) groups is 3. The summed E-state index contributed by atoms with van der Waals surface area (Å²) in [5.74, 6) is -0.167. The van der Waals surface area contributed by atoms with E-state index in [-0.39, 0.29) is 23.3 Å². The highest BCUT2D eigenvalue weighted by Gasteiger charge is 2.42. The van der Waals surface area contributed by atoms with Gasteiger partial charge in [-0.1, -0.05) is 19.1 Å². The first kappa shape index (κ1) is 22.2. The van der Waals surface area contributed by atoms with E-state index in [0.717, 1.165) is 25.6 Å². The van der Waals surface area contributed by atoms with Gasteiger partial charge in [0.25, 0.3) is 17.7 Å². The third-order valence-electron chi connectivity index (χ3n) is 6.31. The van der Waals surface area contributed by atoms with Gasteiger partial charge in [0, 0.05) is 23.3 Å². The lowest BCUT2D eigenvalue weighted by Crippen LogP contribution is -2.45. The topological polar surface area (TPSA) is 69.7 Å². The smallest absolute Gasteiger partial charge is 0.262 e. The minimum absolute atomic E-state index is 0.281. The van der Waals surface area contributed by atoms with Gasteiger partial charge >= 0.3 is 0 Å². The average molecular weight is 434 g/mol. The lowest BCUT2D eigenvalue weighted by atomic mass is 9.99. The van der Waals surface area contributed by atoms with Gasteiger partial charge in [-0.25, -0.2) is 0 Å². The second-order valence-corrected chi connectivity index (χ2v) is 9.99. The molecule has 1 N–H and O–H groups in total. The maximum absolute atomic E-state index is 12.8. The van der Waals surface area contributed by atoms with E-state index in [1.807, 2.05) is 45.0 Å². The number of hydrogen-bond donors (Lipinski definition) is 1. The first-order valence-electron chi connectivity index (χ1n) is 11.3. The fourth-order valence-corrected chi connectivity index (χ4v) is 4.37. The SMILES string of the molecule is CC1CCN(Cc2ccc(NC(=O)c3ccc4c(c3)C(=O)N(C(C)(C)C)C4=O)cc2)CC1. The second-order valence-electron chi connectivity index (χ2n) is 9.99. The summed E-state index contributed by atoms with van der Waals surface area (Å²) < 4.78 is 0. The molecular formula is C26H31N3O3. The molecule has 0 radical (unpaired) electrons. The van der Waals surface area contributed by atoms with Gasteiger partial charge in [0.1, 0.15) is 0 Å². The Kier molecular flexibility index (Phi) is 5.91. The predicted molar refractivity (Wildman–Crippen MR) is 125 cm³/mol. The van der Waals surface area contributed by atoms with Crippen molar-refractivity contribution < 1.29 is 14.4 Å². The summed E-state index contributed by atoms with van der Waals surface area (Å²) in [6.45, 7) is 10.9. The van der Waals surface area contributed by atoms with Gasteiger partial charge in [-0.3, -0.25) is 24.2 Å². The highest BCUT2D eigenvalue weighted by Crippen LogP contribution is 2.30. The molecule has 0 spiro atoms. The molecule has 2 aromatic rings. The van der Waals surface area contributed by atoms with E-state index in [2.05, 4.69) is 17.1 Å². The number of carbonyl (C=O) groups excluding carboxylic acids is 3. The minimum atomic E-state index is -0.621. The van der Waals surface area contributed by atoms with Crippen molar-refractivity contribution in [3.63, 3.8) is 0 Å². The van der Waals surface area contributed by atoms with Gasteiger partial charge in [0.05, 0.1) is 11.1 Å². The summed E-state index contributed by atoms with van der Waals surface area (Å²) in [5.41, 5.74) is 2.28. The number of benzene rings is 2. The predicted octanol–water partition coefficient (Wildman–Crippen LogP) is 4.57. The molecule has 32 heavy (non-hydrogen) atoms. The number of nitrogens with one attached hydrogen (secondary N) is 1. The molecular weight excluding hydrogens is 402 g/mol. The van der Waals surface area contributed by atoms with Crippen molar-refractivity contribution in [2.75, 3.05) is 18.4 Å². The molecule has 6 nitrogen and oxygen atoms in total. The summed E-state index contributed by atoms with van der Waals surface area (Å²) in [5, 5.41) is 2.89. The van der Waals surface area contributed by atoms with Crippen molar-refractivity contribution >= 4 is 23.4 Å². The zero-order valence-corrected chi connectivity index (χ0v) is 19.3. The number of likely N-dealkylation sites (tertiary alicyclic amines) is 1. The number of hydrogen-bond acceptors (Lipinski definition) is 4. The maximum atomic E-state index is 12.8. The highest BCUT2D eigenvalue weighted by atomic mass is 16.2. The minimum Gasteiger partial charge on any atom is -0.322 e. The van der Waals surface area contributed by atoms with E-state index >= 15 is 0 Å². The number of imide groups is 1. The Labute approximate surface area is 189 Å². The zero-order chi connectivity index (χ0) is 23.0. The normalized spacial score (nSPS) is 17.6. The van der Waals surface area contributed by atoms with E-state index in [1.54, 1.807) is 12.1 Å². The van der Waals surface area contributed by atoms with Crippen LogP contribution in [0.3, 0.4) is 0 Å². The molecule has 0 unspecified atom stereocenters. The first-order valence-corrected chi connectivity index (χ1v) is 11.3. The molecule has 0 atom stereocenters. The maximum Gasteiger partial charge on any atom is 0.262 e. The van der Waals surface area contributed by atoms with Crippen molar-refractivity contribution in [3.8, 4) is 0 Å². The second kappa shape index (κ2) is 8.51. The Morgan fingerprint density at radius 1 is 0.969 bits per heavy atom. The number of anilines is 1. The molecule has 1 saturated heterocycles. The molecule has 2 aromatic carbocycles. The van der Waals surface area contributed by atoms with Gasteiger partial charge in [0.15, 0.2) is 0 Å². The van der Waals surface area contributed by atoms with Crippen LogP contribution in [0.4, 0.5) is 5.69 Å². The van der Waals surface area contributed by atoms with E-state index in [9.17, 15) is 14.4 Å². The van der Waals surface area contributed by atoms with Crippen LogP contribution in [0.15, 0.2) is 42.5 Å². The quantitative estimate of drug-likeness (QED) is 0.718. The third-order valence-corrected chi connectivity index (χ3v) is 6.31. The molecule has 0 bridgehead atoms. The highest BCUT2D eigenvalue weighted by molar-refractivity contribution is 6.22. The van der Waals surface area contributed by atoms with Crippen molar-refractivity contribution in [1.82, 2.24) is 9.80 Å². The Hall–Kier alpha value is -2.99. The molecule has 4 rings (SSSR count). The number of fused-ring (bicyclic) bond motifs is 1. The number of piperidine rings is 1. The van der Waals surface area contributed by atoms with Crippen LogP contribution in [0.2, 0.25) is 0 Å². The first-order chi connectivity index (χ1) is 15.1. The Bertz CT molecular complexity index is 1040. The third kappa shape index (κ3) is 4.46. The van der Waals surface area contributed by atoms with Crippen molar-refractivity contribution in [1.29, 1.82) is 0 Å². The molecule has 1 fully saturated rings. The van der Waals surface area contributed by atoms with E-state index in [0.29, 0.717) is 16.8 Å². The summed E-state index contributed by atoms with van der Waals surface area (Å²) in [4.78, 5) is 41.9. The van der Waals surface area contributed by atoms with Gasteiger partial charge in [-0.2, -0.15) is 0 Å². The Morgan fingerprint density at radius 2 is 1.59 bits per heavy atom. The summed E-state index contributed by atoms with van der Waals surface area (Å²) >= 11 is 0. The van der Waals surface area contributed by atoms with Gasteiger partial charge in [0.2, 0.25) is 0 Å². The van der Waals surface area contributed by atoms with Crippen LogP contribution in [-0.4, -0.2) is 46.1 Å². The Morgan fingerprint density at radius 3 is 2.22 bits per heavy atom. The monoisotopic (exact) mass is 433 g/mol. The molecule has 6 heteroatoms. The average Bonchev–Trinajstić information content (AvgIpc) is 3.01. The number of amides is 3. The van der Waals surface area contributed by atoms with E-state index in [4.69, 9.17) is 0 Å². The molecule has 2 aliphatic heterocycles. The summed E-state index contributed by atoms with van der Waals surface area (Å²) in [6.07, 6.45) is 2.49. The lowest BCUT2D eigenvalue weighted by molar-refractivity contribution is 0.0507. The van der Waals surface area contributed by atoms with Gasteiger partial charge in [-0.05, 0) is 88.5 Å². The number of rotatable bonds is 4. The van der Waals surface area contributed by atoms with Gasteiger partial charge in [-0.15, -0.1) is 0 Å². The van der Waals surface area contributed by atoms with Crippen molar-refractivity contribution in [2.45, 2.75) is 52.6 Å². The molecule has 0 aromatic heterocycles. The fourth-order valence-electron chi connectivity index (χ4n) is 4.37. The summed E-state index contributed by atoms with van der Waals surface area (Å²) in [6, 6.07) is 12.6. The summed E-state index contributed by atoms with van der Waals surface area (Å²) in [7, 11) is 0. The largest absolute Gasteiger partial charge is 0.322 e. The standard InChI is InChI=1S/C26H31N3O3/c1-17-11-13-28(14-12-17)16-18-5-8-20(9-6-18)27-23(30)19-7-10-21-22(15-19)25(32)29(24(21)31)26(2,3)4/h5-10,15,17H,11-14,16H2,1-4H3,(H,27,30). The fraction of sp³-hybridized carbons (Fsp3) is 0.423. The van der Waals surface area contributed by atoms with Crippen LogP contribution < -0.4 is 5.32 Å². The van der Waals surface area contributed by atoms with Crippen LogP contribution in [-0.2, 0) is 6.54 Å². The molecule has 2 heterocycles. The molecule has 3 amide bonds. The molecule has 2 aliphatic rings. The number of nitrogens with zero attached hydrogens (tertiary/aromatic N) is 2. The zero-order valence-electron chi connectivity index (χ0n) is 19.3. The van der Waals surface area contributed by atoms with E-state index < -0.39 is 5.54 Å². The molecule has 0 aliphatic carbocycles. The van der Waals surface area contributed by atoms with Crippen molar-refractivity contribution in [3.05, 3.63) is 64.7 Å². The Balaban J connectivity index is 1.42. The van der Waals surface area contributed by atoms with Gasteiger partial charge < -0.3 is 5.32 Å². The van der Waals surface area contributed by atoms with Crippen LogP contribution in [0.1, 0.15) is 77.2 Å². The van der Waals surface area contributed by atoms with Crippen molar-refractivity contribution in [2.24, 2.45) is 5.92 Å². The van der Waals surface area contributed by atoms with Crippen LogP contribution in [0.5, 0.6) is 0 Å². The van der Waals surface area contributed by atoms with Crippen LogP contribution in [0.25, 0.3) is 0 Å².